The Bertz CT molecular complexity index is 3240. The normalized spacial score (nSPS) is 11.6. The van der Waals surface area contributed by atoms with Gasteiger partial charge in [0, 0.05) is 42.2 Å². The van der Waals surface area contributed by atoms with Crippen molar-refractivity contribution < 1.29 is 4.42 Å². The van der Waals surface area contributed by atoms with Crippen LogP contribution in [0.2, 0.25) is 0 Å². The number of rotatable bonds is 6. The van der Waals surface area contributed by atoms with Gasteiger partial charge in [0.05, 0.1) is 11.4 Å². The predicted molar refractivity (Wildman–Crippen MR) is 235 cm³/mol. The van der Waals surface area contributed by atoms with Crippen molar-refractivity contribution in [2.24, 2.45) is 0 Å². The summed E-state index contributed by atoms with van der Waals surface area (Å²) in [6.45, 7) is 0. The molecule has 11 aromatic rings. The van der Waals surface area contributed by atoms with E-state index in [0.717, 1.165) is 55.7 Å². The number of hydrogen-bond donors (Lipinski definition) is 0. The number of furan rings is 1. The molecule has 0 saturated carbocycles. The van der Waals surface area contributed by atoms with Gasteiger partial charge in [0.25, 0.3) is 0 Å². The minimum Gasteiger partial charge on any atom is -0.456 e. The number of para-hydroxylation sites is 2. The highest BCUT2D eigenvalue weighted by Gasteiger charge is 2.23. The van der Waals surface area contributed by atoms with Crippen molar-refractivity contribution in [1.82, 2.24) is 0 Å². The molecule has 0 aliphatic carbocycles. The third-order valence-electron chi connectivity index (χ3n) is 10.9. The lowest BCUT2D eigenvalue weighted by atomic mass is 9.94. The van der Waals surface area contributed by atoms with E-state index in [9.17, 15) is 0 Å². The van der Waals surface area contributed by atoms with Gasteiger partial charge in [-0.05, 0) is 93.2 Å². The lowest BCUT2D eigenvalue weighted by Crippen LogP contribution is -2.11. The van der Waals surface area contributed by atoms with E-state index in [2.05, 4.69) is 199 Å². The third kappa shape index (κ3) is 5.24. The number of nitrogens with zero attached hydrogens (tertiary/aromatic N) is 1. The Labute approximate surface area is 322 Å². The predicted octanol–water partition coefficient (Wildman–Crippen LogP) is 15.6. The minimum atomic E-state index is 0.888. The quantitative estimate of drug-likeness (QED) is 0.170. The molecule has 0 atom stereocenters. The lowest BCUT2D eigenvalue weighted by molar-refractivity contribution is 0.669. The minimum absolute atomic E-state index is 0.888. The van der Waals surface area contributed by atoms with Crippen molar-refractivity contribution in [2.75, 3.05) is 4.90 Å². The van der Waals surface area contributed by atoms with Gasteiger partial charge in [-0.1, -0.05) is 146 Å². The molecule has 3 heteroatoms. The molecule has 0 bridgehead atoms. The Kier molecular flexibility index (Phi) is 7.39. The molecule has 0 fully saturated rings. The highest BCUT2D eigenvalue weighted by Crippen LogP contribution is 2.49. The summed E-state index contributed by atoms with van der Waals surface area (Å²) in [6, 6.07) is 72.3. The zero-order valence-electron chi connectivity index (χ0n) is 29.8. The second-order valence-corrected chi connectivity index (χ2v) is 15.1. The standard InChI is InChI=1S/C52H33NOS/c1-2-20-39-34(14-1)15-11-24-40(39)37-18-9-16-35(32-37)36-17-10-19-38(33-36)53(46-27-13-31-50-52(46)44-23-5-8-30-49(44)55-50)45-26-6-3-21-41(45)42-25-12-29-48-51(42)43-22-4-7-28-47(43)54-48/h1-33H. The molecule has 2 heterocycles. The van der Waals surface area contributed by atoms with Crippen molar-refractivity contribution in [3.8, 4) is 33.4 Å². The van der Waals surface area contributed by atoms with Crippen LogP contribution in [0, 0.1) is 0 Å². The van der Waals surface area contributed by atoms with Gasteiger partial charge >= 0.3 is 0 Å². The molecule has 258 valence electrons. The molecule has 11 rings (SSSR count). The van der Waals surface area contributed by atoms with E-state index < -0.39 is 0 Å². The summed E-state index contributed by atoms with van der Waals surface area (Å²) >= 11 is 1.85. The van der Waals surface area contributed by atoms with Crippen molar-refractivity contribution >= 4 is 81.3 Å². The van der Waals surface area contributed by atoms with Crippen LogP contribution < -0.4 is 4.90 Å². The van der Waals surface area contributed by atoms with Gasteiger partial charge < -0.3 is 9.32 Å². The lowest BCUT2D eigenvalue weighted by Gasteiger charge is -2.29. The summed E-state index contributed by atoms with van der Waals surface area (Å²) in [4.78, 5) is 2.47. The molecule has 9 aromatic carbocycles. The summed E-state index contributed by atoms with van der Waals surface area (Å²) < 4.78 is 8.95. The number of anilines is 3. The first-order valence-electron chi connectivity index (χ1n) is 18.7. The Morgan fingerprint density at radius 3 is 1.91 bits per heavy atom. The Balaban J connectivity index is 1.14. The average Bonchev–Trinajstić information content (AvgIpc) is 3.83. The maximum atomic E-state index is 6.40. The molecule has 2 aromatic heterocycles. The number of thiophene rings is 1. The van der Waals surface area contributed by atoms with Crippen molar-refractivity contribution in [1.29, 1.82) is 0 Å². The van der Waals surface area contributed by atoms with Crippen LogP contribution in [-0.4, -0.2) is 0 Å². The van der Waals surface area contributed by atoms with E-state index >= 15 is 0 Å². The van der Waals surface area contributed by atoms with E-state index in [-0.39, 0.29) is 0 Å². The van der Waals surface area contributed by atoms with E-state index in [1.165, 1.54) is 47.6 Å². The van der Waals surface area contributed by atoms with Crippen LogP contribution in [0.25, 0.3) is 86.3 Å². The number of hydrogen-bond acceptors (Lipinski definition) is 3. The fourth-order valence-electron chi connectivity index (χ4n) is 8.41. The molecule has 0 saturated heterocycles. The van der Waals surface area contributed by atoms with Crippen LogP contribution in [0.3, 0.4) is 0 Å². The molecule has 0 aliphatic heterocycles. The van der Waals surface area contributed by atoms with Crippen molar-refractivity contribution in [2.45, 2.75) is 0 Å². The van der Waals surface area contributed by atoms with Gasteiger partial charge in [0.1, 0.15) is 11.2 Å². The molecule has 2 nitrogen and oxygen atoms in total. The summed E-state index contributed by atoms with van der Waals surface area (Å²) in [5.41, 5.74) is 12.2. The molecule has 0 N–H and O–H groups in total. The molecule has 0 amide bonds. The maximum Gasteiger partial charge on any atom is 0.136 e. The summed E-state index contributed by atoms with van der Waals surface area (Å²) in [7, 11) is 0. The van der Waals surface area contributed by atoms with Crippen LogP contribution >= 0.6 is 11.3 Å². The Morgan fingerprint density at radius 2 is 0.964 bits per heavy atom. The summed E-state index contributed by atoms with van der Waals surface area (Å²) in [5, 5.41) is 7.28. The van der Waals surface area contributed by atoms with Crippen LogP contribution in [0.15, 0.2) is 205 Å². The van der Waals surface area contributed by atoms with Gasteiger partial charge in [0.15, 0.2) is 0 Å². The van der Waals surface area contributed by atoms with Crippen LogP contribution in [0.4, 0.5) is 17.1 Å². The smallest absolute Gasteiger partial charge is 0.136 e. The zero-order chi connectivity index (χ0) is 36.3. The highest BCUT2D eigenvalue weighted by atomic mass is 32.1. The fourth-order valence-corrected chi connectivity index (χ4v) is 9.54. The van der Waals surface area contributed by atoms with Gasteiger partial charge in [-0.25, -0.2) is 0 Å². The average molecular weight is 720 g/mol. The SMILES string of the molecule is c1cc(-c2cccc(N(c3ccccc3-c3cccc4oc5ccccc5c34)c3cccc4sc5ccccc5c34)c2)cc(-c2cccc3ccccc23)c1. The Morgan fingerprint density at radius 1 is 0.364 bits per heavy atom. The molecular formula is C52H33NOS. The van der Waals surface area contributed by atoms with Crippen molar-refractivity contribution in [3.63, 3.8) is 0 Å². The topological polar surface area (TPSA) is 16.4 Å². The Hall–Kier alpha value is -6.94. The van der Waals surface area contributed by atoms with Crippen LogP contribution in [-0.2, 0) is 0 Å². The zero-order valence-corrected chi connectivity index (χ0v) is 30.6. The molecule has 0 unspecified atom stereocenters. The molecule has 0 aliphatic rings. The number of benzene rings is 9. The van der Waals surface area contributed by atoms with Gasteiger partial charge in [0.2, 0.25) is 0 Å². The van der Waals surface area contributed by atoms with Gasteiger partial charge in [-0.3, -0.25) is 0 Å². The second-order valence-electron chi connectivity index (χ2n) is 14.0. The van der Waals surface area contributed by atoms with E-state index in [1.54, 1.807) is 0 Å². The van der Waals surface area contributed by atoms with E-state index in [0.29, 0.717) is 0 Å². The van der Waals surface area contributed by atoms with Crippen LogP contribution in [0.1, 0.15) is 0 Å². The largest absolute Gasteiger partial charge is 0.456 e. The highest BCUT2D eigenvalue weighted by molar-refractivity contribution is 7.26. The summed E-state index contributed by atoms with van der Waals surface area (Å²) in [5.74, 6) is 0. The van der Waals surface area contributed by atoms with Gasteiger partial charge in [-0.15, -0.1) is 11.3 Å². The molecule has 0 spiro atoms. The monoisotopic (exact) mass is 719 g/mol. The van der Waals surface area contributed by atoms with E-state index in [4.69, 9.17) is 4.42 Å². The fraction of sp³-hybridized carbons (Fsp3) is 0. The molecule has 55 heavy (non-hydrogen) atoms. The maximum absolute atomic E-state index is 6.40. The first kappa shape index (κ1) is 31.6. The van der Waals surface area contributed by atoms with E-state index in [1.807, 2.05) is 17.4 Å². The first-order valence-corrected chi connectivity index (χ1v) is 19.5. The summed E-state index contributed by atoms with van der Waals surface area (Å²) in [6.07, 6.45) is 0. The van der Waals surface area contributed by atoms with Crippen LogP contribution in [0.5, 0.6) is 0 Å². The second kappa shape index (κ2) is 12.9. The number of fused-ring (bicyclic) bond motifs is 7. The molecule has 0 radical (unpaired) electrons. The first-order chi connectivity index (χ1) is 27.3. The van der Waals surface area contributed by atoms with Gasteiger partial charge in [-0.2, -0.15) is 0 Å². The molecular weight excluding hydrogens is 687 g/mol. The third-order valence-corrected chi connectivity index (χ3v) is 12.0. The van der Waals surface area contributed by atoms with Crippen molar-refractivity contribution in [3.05, 3.63) is 200 Å².